The number of aryl methyl sites for hydroxylation is 1. The van der Waals surface area contributed by atoms with E-state index in [2.05, 4.69) is 20.6 Å². The van der Waals surface area contributed by atoms with Crippen LogP contribution >= 0.6 is 0 Å². The molecule has 1 saturated heterocycles. The first-order valence-electron chi connectivity index (χ1n) is 13.1. The molecule has 2 N–H and O–H groups in total. The van der Waals surface area contributed by atoms with Crippen molar-refractivity contribution in [2.24, 2.45) is 0 Å². The van der Waals surface area contributed by atoms with Crippen molar-refractivity contribution in [1.82, 2.24) is 25.2 Å². The van der Waals surface area contributed by atoms with Crippen LogP contribution in [0.3, 0.4) is 0 Å². The lowest BCUT2D eigenvalue weighted by Crippen LogP contribution is -2.45. The minimum absolute atomic E-state index is 0.0414. The number of rotatable bonds is 7. The van der Waals surface area contributed by atoms with E-state index in [0.717, 1.165) is 55.2 Å². The van der Waals surface area contributed by atoms with Gasteiger partial charge in [0.1, 0.15) is 5.82 Å². The number of likely N-dealkylation sites (tertiary alicyclic amines) is 1. The van der Waals surface area contributed by atoms with Gasteiger partial charge in [-0.2, -0.15) is 13.2 Å². The van der Waals surface area contributed by atoms with Crippen LogP contribution in [-0.4, -0.2) is 57.4 Å². The summed E-state index contributed by atoms with van der Waals surface area (Å²) < 4.78 is 66.5. The Morgan fingerprint density at radius 1 is 1.08 bits per heavy atom. The van der Waals surface area contributed by atoms with E-state index >= 15 is 0 Å². The number of nitrogens with zero attached hydrogens (tertiary/aromatic N) is 4. The third-order valence-electron chi connectivity index (χ3n) is 7.81. The number of aromatic nitrogens is 3. The van der Waals surface area contributed by atoms with Gasteiger partial charge in [-0.3, -0.25) is 9.69 Å². The van der Waals surface area contributed by atoms with Gasteiger partial charge >= 0.3 is 6.18 Å². The topological polar surface area (TPSA) is 83.0 Å². The Kier molecular flexibility index (Phi) is 7.52. The molecule has 0 bridgehead atoms. The highest BCUT2D eigenvalue weighted by Gasteiger charge is 2.38. The van der Waals surface area contributed by atoms with Crippen LogP contribution in [0.15, 0.2) is 24.5 Å². The molecule has 3 aliphatic rings. The molecule has 3 heterocycles. The summed E-state index contributed by atoms with van der Waals surface area (Å²) in [6, 6.07) is 3.66. The number of hydrogen-bond acceptors (Lipinski definition) is 6. The molecule has 0 radical (unpaired) electrons. The molecule has 7 nitrogen and oxygen atoms in total. The maximum atomic E-state index is 13.8. The van der Waals surface area contributed by atoms with Gasteiger partial charge in [0.2, 0.25) is 11.7 Å². The van der Waals surface area contributed by atoms with Gasteiger partial charge in [0.15, 0.2) is 0 Å². The molecule has 2 aliphatic carbocycles. The fraction of sp³-hybridized carbons (Fsp3) is 0.615. The zero-order valence-electron chi connectivity index (χ0n) is 20.9. The van der Waals surface area contributed by atoms with E-state index in [4.69, 9.17) is 4.98 Å². The maximum absolute atomic E-state index is 13.8. The van der Waals surface area contributed by atoms with Crippen molar-refractivity contribution in [2.75, 3.05) is 25.0 Å². The highest BCUT2D eigenvalue weighted by Crippen LogP contribution is 2.35. The molecular weight excluding hydrogens is 507 g/mol. The van der Waals surface area contributed by atoms with Crippen LogP contribution in [0.1, 0.15) is 79.6 Å². The zero-order chi connectivity index (χ0) is 26.9. The fourth-order valence-electron chi connectivity index (χ4n) is 5.37. The number of piperidine rings is 1. The number of hydrogen-bond donors (Lipinski definition) is 2. The number of carbonyl (C=O) groups is 1. The number of alkyl halides is 5. The van der Waals surface area contributed by atoms with Crippen molar-refractivity contribution in [3.63, 3.8) is 0 Å². The summed E-state index contributed by atoms with van der Waals surface area (Å²) in [6.07, 6.45) is 2.43. The number of amides is 1. The van der Waals surface area contributed by atoms with Crippen molar-refractivity contribution in [3.05, 3.63) is 47.2 Å². The molecule has 206 valence electrons. The van der Waals surface area contributed by atoms with Crippen molar-refractivity contribution in [3.8, 4) is 0 Å². The molecule has 2 aromatic heterocycles. The maximum Gasteiger partial charge on any atom is 0.451 e. The summed E-state index contributed by atoms with van der Waals surface area (Å²) in [6.45, 7) is 0.128. The van der Waals surface area contributed by atoms with E-state index in [1.165, 1.54) is 6.42 Å². The average Bonchev–Trinajstić information content (AvgIpc) is 2.86. The van der Waals surface area contributed by atoms with Gasteiger partial charge in [0.05, 0.1) is 12.0 Å². The Balaban J connectivity index is 1.29. The Hall–Kier alpha value is -2.89. The third kappa shape index (κ3) is 6.05. The van der Waals surface area contributed by atoms with E-state index in [9.17, 15) is 26.7 Å². The molecule has 2 unspecified atom stereocenters. The number of carbonyl (C=O) groups excluding carboxylic acids is 1. The average molecular weight is 539 g/mol. The normalized spacial score (nSPS) is 22.7. The minimum atomic E-state index is -4.69. The SMILES string of the molecule is O=C(NCC(c1cnc(C(F)(F)F)nc1)N1CCC(F)(F)CC1)C1CCCc2nc(NC3CCC3)ccc21. The van der Waals surface area contributed by atoms with Gasteiger partial charge in [-0.15, -0.1) is 0 Å². The van der Waals surface area contributed by atoms with Gasteiger partial charge in [-0.25, -0.2) is 23.7 Å². The van der Waals surface area contributed by atoms with Gasteiger partial charge < -0.3 is 10.6 Å². The first kappa shape index (κ1) is 26.7. The van der Waals surface area contributed by atoms with E-state index in [1.807, 2.05) is 12.1 Å². The summed E-state index contributed by atoms with van der Waals surface area (Å²) in [4.78, 5) is 26.7. The van der Waals surface area contributed by atoms with Crippen LogP contribution in [-0.2, 0) is 17.4 Å². The number of anilines is 1. The second-order valence-corrected chi connectivity index (χ2v) is 10.4. The van der Waals surface area contributed by atoms with Crippen molar-refractivity contribution in [1.29, 1.82) is 0 Å². The number of nitrogens with one attached hydrogen (secondary N) is 2. The van der Waals surface area contributed by atoms with Gasteiger partial charge in [0.25, 0.3) is 5.92 Å². The molecule has 0 spiro atoms. The molecule has 38 heavy (non-hydrogen) atoms. The highest BCUT2D eigenvalue weighted by molar-refractivity contribution is 5.84. The van der Waals surface area contributed by atoms with Gasteiger partial charge in [-0.05, 0) is 50.2 Å². The highest BCUT2D eigenvalue weighted by atomic mass is 19.4. The van der Waals surface area contributed by atoms with Crippen LogP contribution in [0.2, 0.25) is 0 Å². The van der Waals surface area contributed by atoms with E-state index in [1.54, 1.807) is 4.90 Å². The first-order chi connectivity index (χ1) is 18.1. The Morgan fingerprint density at radius 3 is 2.42 bits per heavy atom. The van der Waals surface area contributed by atoms with Crippen LogP contribution in [0.25, 0.3) is 0 Å². The molecule has 0 aromatic carbocycles. The molecule has 1 saturated carbocycles. The Morgan fingerprint density at radius 2 is 1.79 bits per heavy atom. The van der Waals surface area contributed by atoms with Gasteiger partial charge in [0, 0.05) is 62.2 Å². The zero-order valence-corrected chi connectivity index (χ0v) is 20.9. The molecular formula is C26H31F5N6O. The van der Waals surface area contributed by atoms with E-state index in [-0.39, 0.29) is 38.4 Å². The van der Waals surface area contributed by atoms with Crippen LogP contribution in [0.5, 0.6) is 0 Å². The summed E-state index contributed by atoms with van der Waals surface area (Å²) in [7, 11) is 0. The molecule has 5 rings (SSSR count). The smallest absolute Gasteiger partial charge is 0.367 e. The second kappa shape index (κ2) is 10.7. The lowest BCUT2D eigenvalue weighted by molar-refractivity contribution is -0.145. The molecule has 12 heteroatoms. The van der Waals surface area contributed by atoms with Gasteiger partial charge in [-0.1, -0.05) is 6.07 Å². The largest absolute Gasteiger partial charge is 0.451 e. The Bertz CT molecular complexity index is 1130. The summed E-state index contributed by atoms with van der Waals surface area (Å²) in [5.74, 6) is -3.86. The number of fused-ring (bicyclic) bond motifs is 1. The minimum Gasteiger partial charge on any atom is -0.367 e. The standard InChI is InChI=1S/C26H31F5N6O/c27-25(28)9-11-37(12-10-25)21(16-13-33-24(34-14-16)26(29,30)31)15-32-23(38)19-5-2-6-20-18(19)7-8-22(36-20)35-17-3-1-4-17/h7-8,13-14,17,19,21H,1-6,9-12,15H2,(H,32,38)(H,35,36). The molecule has 2 atom stereocenters. The first-order valence-corrected chi connectivity index (χ1v) is 13.1. The number of halogens is 5. The Labute approximate surface area is 217 Å². The lowest BCUT2D eigenvalue weighted by atomic mass is 9.85. The summed E-state index contributed by atoms with van der Waals surface area (Å²) in [5, 5.41) is 6.36. The predicted octanol–water partition coefficient (Wildman–Crippen LogP) is 4.86. The molecule has 2 fully saturated rings. The van der Waals surface area contributed by atoms with Crippen molar-refractivity contribution >= 4 is 11.7 Å². The molecule has 2 aromatic rings. The summed E-state index contributed by atoms with van der Waals surface area (Å²) in [5.41, 5.74) is 2.10. The second-order valence-electron chi connectivity index (χ2n) is 10.4. The van der Waals surface area contributed by atoms with Crippen LogP contribution < -0.4 is 10.6 Å². The number of pyridine rings is 1. The van der Waals surface area contributed by atoms with Crippen LogP contribution in [0, 0.1) is 0 Å². The van der Waals surface area contributed by atoms with E-state index < -0.39 is 29.9 Å². The van der Waals surface area contributed by atoms with Crippen molar-refractivity contribution in [2.45, 2.75) is 81.5 Å². The monoisotopic (exact) mass is 538 g/mol. The quantitative estimate of drug-likeness (QED) is 0.490. The fourth-order valence-corrected chi connectivity index (χ4v) is 5.37. The predicted molar refractivity (Wildman–Crippen MR) is 130 cm³/mol. The van der Waals surface area contributed by atoms with Crippen LogP contribution in [0.4, 0.5) is 27.8 Å². The summed E-state index contributed by atoms with van der Waals surface area (Å²) >= 11 is 0. The molecule has 1 aliphatic heterocycles. The lowest BCUT2D eigenvalue weighted by Gasteiger charge is -2.37. The van der Waals surface area contributed by atoms with E-state index in [0.29, 0.717) is 18.0 Å². The molecule has 1 amide bonds. The third-order valence-corrected chi connectivity index (χ3v) is 7.81. The van der Waals surface area contributed by atoms with Crippen molar-refractivity contribution < 1.29 is 26.7 Å².